The molecule has 1 aromatic carbocycles. The zero-order valence-corrected chi connectivity index (χ0v) is 11.1. The summed E-state index contributed by atoms with van der Waals surface area (Å²) < 4.78 is 28.8. The highest BCUT2D eigenvalue weighted by Crippen LogP contribution is 2.14. The molecule has 100 valence electrons. The summed E-state index contributed by atoms with van der Waals surface area (Å²) in [5.74, 6) is -1.04. The van der Waals surface area contributed by atoms with Crippen LogP contribution in [0, 0.1) is 0 Å². The highest BCUT2D eigenvalue weighted by Gasteiger charge is 2.18. The van der Waals surface area contributed by atoms with Crippen molar-refractivity contribution < 1.29 is 23.1 Å². The first-order valence-corrected chi connectivity index (χ1v) is 7.06. The SMILES string of the molecule is COC(C)CS(=O)(=O)c1ccc(CC(=O)O)cc1. The third kappa shape index (κ3) is 4.12. The molecule has 0 saturated carbocycles. The van der Waals surface area contributed by atoms with Gasteiger partial charge in [-0.15, -0.1) is 0 Å². The quantitative estimate of drug-likeness (QED) is 0.839. The molecule has 0 saturated heterocycles. The van der Waals surface area contributed by atoms with Gasteiger partial charge in [0.25, 0.3) is 0 Å². The lowest BCUT2D eigenvalue weighted by molar-refractivity contribution is -0.136. The molecule has 0 heterocycles. The number of carboxylic acids is 1. The van der Waals surface area contributed by atoms with E-state index in [2.05, 4.69) is 0 Å². The predicted molar refractivity (Wildman–Crippen MR) is 66.3 cm³/mol. The van der Waals surface area contributed by atoms with E-state index in [4.69, 9.17) is 9.84 Å². The van der Waals surface area contributed by atoms with Crippen LogP contribution in [0.25, 0.3) is 0 Å². The number of aliphatic carboxylic acids is 1. The number of hydrogen-bond donors (Lipinski definition) is 1. The van der Waals surface area contributed by atoms with Crippen molar-refractivity contribution in [3.63, 3.8) is 0 Å². The Labute approximate surface area is 106 Å². The first-order chi connectivity index (χ1) is 8.35. The monoisotopic (exact) mass is 272 g/mol. The number of carbonyl (C=O) groups is 1. The fraction of sp³-hybridized carbons (Fsp3) is 0.417. The zero-order valence-electron chi connectivity index (χ0n) is 10.3. The van der Waals surface area contributed by atoms with Crippen molar-refractivity contribution in [3.05, 3.63) is 29.8 Å². The number of sulfone groups is 1. The highest BCUT2D eigenvalue weighted by atomic mass is 32.2. The van der Waals surface area contributed by atoms with Gasteiger partial charge in [0, 0.05) is 7.11 Å². The number of rotatable bonds is 6. The van der Waals surface area contributed by atoms with Crippen molar-refractivity contribution in [2.24, 2.45) is 0 Å². The molecule has 0 amide bonds. The van der Waals surface area contributed by atoms with Crippen molar-refractivity contribution in [2.75, 3.05) is 12.9 Å². The first-order valence-electron chi connectivity index (χ1n) is 5.41. The molecule has 0 aliphatic heterocycles. The van der Waals surface area contributed by atoms with E-state index in [1.807, 2.05) is 0 Å². The van der Waals surface area contributed by atoms with Crippen molar-refractivity contribution in [1.29, 1.82) is 0 Å². The molecule has 0 aliphatic carbocycles. The molecule has 0 aromatic heterocycles. The van der Waals surface area contributed by atoms with Gasteiger partial charge < -0.3 is 9.84 Å². The maximum absolute atomic E-state index is 11.9. The molecule has 0 aliphatic rings. The standard InChI is InChI=1S/C12H16O5S/c1-9(17-2)8-18(15,16)11-5-3-10(4-6-11)7-12(13)14/h3-6,9H,7-8H2,1-2H3,(H,13,14). The summed E-state index contributed by atoms with van der Waals surface area (Å²) >= 11 is 0. The fourth-order valence-corrected chi connectivity index (χ4v) is 2.96. The summed E-state index contributed by atoms with van der Waals surface area (Å²) in [5, 5.41) is 8.61. The van der Waals surface area contributed by atoms with Gasteiger partial charge in [0.2, 0.25) is 0 Å². The smallest absolute Gasteiger partial charge is 0.307 e. The normalized spacial score (nSPS) is 13.2. The average molecular weight is 272 g/mol. The third-order valence-electron chi connectivity index (χ3n) is 2.49. The summed E-state index contributed by atoms with van der Waals surface area (Å²) in [6.45, 7) is 1.68. The van der Waals surface area contributed by atoms with Gasteiger partial charge in [-0.05, 0) is 24.6 Å². The Hall–Kier alpha value is -1.40. The molecular weight excluding hydrogens is 256 g/mol. The minimum atomic E-state index is -3.39. The van der Waals surface area contributed by atoms with E-state index < -0.39 is 15.8 Å². The lowest BCUT2D eigenvalue weighted by Gasteiger charge is -2.10. The molecular formula is C12H16O5S. The van der Waals surface area contributed by atoms with Gasteiger partial charge in [0.1, 0.15) is 0 Å². The second-order valence-corrected chi connectivity index (χ2v) is 6.08. The molecule has 1 atom stereocenters. The van der Waals surface area contributed by atoms with E-state index in [9.17, 15) is 13.2 Å². The Kier molecular flexibility index (Phi) is 4.86. The van der Waals surface area contributed by atoms with Gasteiger partial charge in [-0.25, -0.2) is 8.42 Å². The van der Waals surface area contributed by atoms with E-state index >= 15 is 0 Å². The minimum Gasteiger partial charge on any atom is -0.481 e. The van der Waals surface area contributed by atoms with Crippen molar-refractivity contribution in [1.82, 2.24) is 0 Å². The van der Waals surface area contributed by atoms with Crippen molar-refractivity contribution in [2.45, 2.75) is 24.3 Å². The molecule has 1 rings (SSSR count). The summed E-state index contributed by atoms with van der Waals surface area (Å²) in [6, 6.07) is 5.88. The zero-order chi connectivity index (χ0) is 13.8. The molecule has 18 heavy (non-hydrogen) atoms. The molecule has 1 unspecified atom stereocenters. The Morgan fingerprint density at radius 2 is 1.89 bits per heavy atom. The molecule has 0 spiro atoms. The van der Waals surface area contributed by atoms with E-state index in [-0.39, 0.29) is 23.2 Å². The Morgan fingerprint density at radius 3 is 2.33 bits per heavy atom. The second-order valence-electron chi connectivity index (χ2n) is 4.04. The van der Waals surface area contributed by atoms with Crippen LogP contribution in [0.2, 0.25) is 0 Å². The van der Waals surface area contributed by atoms with Crippen LogP contribution in [-0.4, -0.2) is 38.5 Å². The second kappa shape index (κ2) is 5.97. The molecule has 6 heteroatoms. The number of methoxy groups -OCH3 is 1. The largest absolute Gasteiger partial charge is 0.481 e. The Bertz CT molecular complexity index is 504. The maximum atomic E-state index is 11.9. The van der Waals surface area contributed by atoms with E-state index in [1.165, 1.54) is 31.4 Å². The molecule has 1 N–H and O–H groups in total. The van der Waals surface area contributed by atoms with E-state index in [0.717, 1.165) is 0 Å². The predicted octanol–water partition coefficient (Wildman–Crippen LogP) is 1.12. The van der Waals surface area contributed by atoms with Gasteiger partial charge in [-0.2, -0.15) is 0 Å². The number of benzene rings is 1. The van der Waals surface area contributed by atoms with Gasteiger partial charge in [-0.3, -0.25) is 4.79 Å². The molecule has 0 fully saturated rings. The average Bonchev–Trinajstić information content (AvgIpc) is 2.28. The van der Waals surface area contributed by atoms with Gasteiger partial charge in [0.15, 0.2) is 9.84 Å². The lowest BCUT2D eigenvalue weighted by atomic mass is 10.2. The summed E-state index contributed by atoms with van der Waals surface area (Å²) in [7, 11) is -1.93. The lowest BCUT2D eigenvalue weighted by Crippen LogP contribution is -2.20. The van der Waals surface area contributed by atoms with Crippen LogP contribution in [0.3, 0.4) is 0 Å². The van der Waals surface area contributed by atoms with Gasteiger partial charge in [0.05, 0.1) is 23.2 Å². The van der Waals surface area contributed by atoms with Crippen LogP contribution >= 0.6 is 0 Å². The third-order valence-corrected chi connectivity index (χ3v) is 4.39. The van der Waals surface area contributed by atoms with Crippen LogP contribution in [0.4, 0.5) is 0 Å². The van der Waals surface area contributed by atoms with Crippen LogP contribution in [-0.2, 0) is 25.8 Å². The number of hydrogen-bond acceptors (Lipinski definition) is 4. The number of carboxylic acid groups (broad SMARTS) is 1. The van der Waals surface area contributed by atoms with Crippen LogP contribution in [0.15, 0.2) is 29.2 Å². The Balaban J connectivity index is 2.87. The summed E-state index contributed by atoms with van der Waals surface area (Å²) in [4.78, 5) is 10.7. The molecule has 0 bridgehead atoms. The van der Waals surface area contributed by atoms with Crippen LogP contribution in [0.1, 0.15) is 12.5 Å². The molecule has 1 aromatic rings. The molecule has 5 nitrogen and oxygen atoms in total. The highest BCUT2D eigenvalue weighted by molar-refractivity contribution is 7.91. The maximum Gasteiger partial charge on any atom is 0.307 e. The van der Waals surface area contributed by atoms with Crippen molar-refractivity contribution >= 4 is 15.8 Å². The van der Waals surface area contributed by atoms with Crippen LogP contribution in [0.5, 0.6) is 0 Å². The van der Waals surface area contributed by atoms with E-state index in [1.54, 1.807) is 6.92 Å². The summed E-state index contributed by atoms with van der Waals surface area (Å²) in [6.07, 6.45) is -0.497. The van der Waals surface area contributed by atoms with E-state index in [0.29, 0.717) is 5.56 Å². The minimum absolute atomic E-state index is 0.0955. The van der Waals surface area contributed by atoms with Crippen molar-refractivity contribution in [3.8, 4) is 0 Å². The number of ether oxygens (including phenoxy) is 1. The summed E-state index contributed by atoms with van der Waals surface area (Å²) in [5.41, 5.74) is 0.571. The fourth-order valence-electron chi connectivity index (χ4n) is 1.46. The molecule has 0 radical (unpaired) electrons. The van der Waals surface area contributed by atoms with Crippen LogP contribution < -0.4 is 0 Å². The van der Waals surface area contributed by atoms with Gasteiger partial charge in [-0.1, -0.05) is 12.1 Å². The topological polar surface area (TPSA) is 80.7 Å². The Morgan fingerprint density at radius 1 is 1.33 bits per heavy atom. The first kappa shape index (κ1) is 14.7. The van der Waals surface area contributed by atoms with Gasteiger partial charge >= 0.3 is 5.97 Å².